The van der Waals surface area contributed by atoms with Crippen LogP contribution in [0.3, 0.4) is 0 Å². The minimum Gasteiger partial charge on any atom is -0.493 e. The van der Waals surface area contributed by atoms with E-state index in [0.717, 1.165) is 13.2 Å². The number of benzene rings is 1. The molecule has 1 aromatic rings. The molecule has 0 unspecified atom stereocenters. The number of nitro benzene ring substituents is 1. The standard InChI is InChI=1S/C11H10F3NO4/c1-3-4-7-5-8(15(16)17)6-9(10(7)18-2)19-11(12,13)14/h3,5-6H,1,4H2,2H3. The van der Waals surface area contributed by atoms with E-state index in [0.29, 0.717) is 6.07 Å². The molecule has 0 aromatic heterocycles. The van der Waals surface area contributed by atoms with Gasteiger partial charge in [-0.25, -0.2) is 0 Å². The van der Waals surface area contributed by atoms with E-state index < -0.39 is 22.7 Å². The van der Waals surface area contributed by atoms with Gasteiger partial charge in [0.05, 0.1) is 18.1 Å². The molecule has 0 spiro atoms. The first-order valence-corrected chi connectivity index (χ1v) is 5.00. The summed E-state index contributed by atoms with van der Waals surface area (Å²) < 4.78 is 45.3. The van der Waals surface area contributed by atoms with Crippen LogP contribution in [0.2, 0.25) is 0 Å². The molecule has 0 amide bonds. The van der Waals surface area contributed by atoms with Gasteiger partial charge in [0.15, 0.2) is 11.5 Å². The minimum atomic E-state index is -4.96. The fourth-order valence-corrected chi connectivity index (χ4v) is 1.49. The zero-order valence-electron chi connectivity index (χ0n) is 9.86. The van der Waals surface area contributed by atoms with Crippen LogP contribution in [-0.4, -0.2) is 18.4 Å². The molecular weight excluding hydrogens is 267 g/mol. The summed E-state index contributed by atoms with van der Waals surface area (Å²) in [6.07, 6.45) is -3.47. The van der Waals surface area contributed by atoms with E-state index in [-0.39, 0.29) is 17.7 Å². The molecule has 19 heavy (non-hydrogen) atoms. The first-order chi connectivity index (χ1) is 8.78. The second-order valence-corrected chi connectivity index (χ2v) is 3.43. The van der Waals surface area contributed by atoms with E-state index in [1.54, 1.807) is 0 Å². The summed E-state index contributed by atoms with van der Waals surface area (Å²) >= 11 is 0. The molecule has 1 rings (SSSR count). The van der Waals surface area contributed by atoms with Crippen molar-refractivity contribution in [2.75, 3.05) is 7.11 Å². The van der Waals surface area contributed by atoms with E-state index in [4.69, 9.17) is 4.74 Å². The fraction of sp³-hybridized carbons (Fsp3) is 0.273. The van der Waals surface area contributed by atoms with E-state index in [9.17, 15) is 23.3 Å². The largest absolute Gasteiger partial charge is 0.573 e. The SMILES string of the molecule is C=CCc1cc([N+](=O)[O-])cc(OC(F)(F)F)c1OC. The molecule has 0 bridgehead atoms. The van der Waals surface area contributed by atoms with Crippen LogP contribution in [0.4, 0.5) is 18.9 Å². The van der Waals surface area contributed by atoms with Crippen molar-refractivity contribution in [3.8, 4) is 11.5 Å². The van der Waals surface area contributed by atoms with Gasteiger partial charge in [-0.05, 0) is 6.42 Å². The third kappa shape index (κ3) is 3.87. The molecule has 0 N–H and O–H groups in total. The number of hydrogen-bond acceptors (Lipinski definition) is 4. The molecular formula is C11H10F3NO4. The van der Waals surface area contributed by atoms with E-state index >= 15 is 0 Å². The number of allylic oxidation sites excluding steroid dienone is 1. The van der Waals surface area contributed by atoms with Crippen LogP contribution in [-0.2, 0) is 6.42 Å². The topological polar surface area (TPSA) is 61.6 Å². The van der Waals surface area contributed by atoms with Crippen molar-refractivity contribution in [1.82, 2.24) is 0 Å². The van der Waals surface area contributed by atoms with Crippen molar-refractivity contribution in [3.63, 3.8) is 0 Å². The number of nitrogens with zero attached hydrogens (tertiary/aromatic N) is 1. The average Bonchev–Trinajstić information content (AvgIpc) is 2.26. The number of alkyl halides is 3. The van der Waals surface area contributed by atoms with Gasteiger partial charge in [-0.2, -0.15) is 0 Å². The average molecular weight is 277 g/mol. The quantitative estimate of drug-likeness (QED) is 0.471. The molecule has 0 aliphatic rings. The predicted molar refractivity (Wildman–Crippen MR) is 60.2 cm³/mol. The van der Waals surface area contributed by atoms with Crippen molar-refractivity contribution >= 4 is 5.69 Å². The third-order valence-electron chi connectivity index (χ3n) is 2.12. The Labute approximate surface area is 106 Å². The van der Waals surface area contributed by atoms with Gasteiger partial charge in [0, 0.05) is 11.6 Å². The lowest BCUT2D eigenvalue weighted by molar-refractivity contribution is -0.385. The zero-order valence-corrected chi connectivity index (χ0v) is 9.86. The van der Waals surface area contributed by atoms with Crippen LogP contribution in [0.25, 0.3) is 0 Å². The van der Waals surface area contributed by atoms with Crippen LogP contribution in [0.15, 0.2) is 24.8 Å². The third-order valence-corrected chi connectivity index (χ3v) is 2.12. The van der Waals surface area contributed by atoms with Crippen molar-refractivity contribution in [2.24, 2.45) is 0 Å². The van der Waals surface area contributed by atoms with E-state index in [1.807, 2.05) is 0 Å². The Hall–Kier alpha value is -2.25. The van der Waals surface area contributed by atoms with Gasteiger partial charge in [0.2, 0.25) is 0 Å². The number of rotatable bonds is 5. The molecule has 0 heterocycles. The Morgan fingerprint density at radius 3 is 2.53 bits per heavy atom. The summed E-state index contributed by atoms with van der Waals surface area (Å²) in [7, 11) is 1.15. The maximum absolute atomic E-state index is 12.2. The second-order valence-electron chi connectivity index (χ2n) is 3.43. The summed E-state index contributed by atoms with van der Waals surface area (Å²) in [6, 6.07) is 1.78. The highest BCUT2D eigenvalue weighted by molar-refractivity contribution is 5.55. The van der Waals surface area contributed by atoms with Crippen LogP contribution < -0.4 is 9.47 Å². The van der Waals surface area contributed by atoms with Crippen LogP contribution in [0.5, 0.6) is 11.5 Å². The van der Waals surface area contributed by atoms with Gasteiger partial charge in [0.1, 0.15) is 0 Å². The second kappa shape index (κ2) is 5.59. The maximum atomic E-state index is 12.2. The fourth-order valence-electron chi connectivity index (χ4n) is 1.49. The van der Waals surface area contributed by atoms with E-state index in [1.165, 1.54) is 6.08 Å². The van der Waals surface area contributed by atoms with Crippen molar-refractivity contribution < 1.29 is 27.6 Å². The summed E-state index contributed by atoms with van der Waals surface area (Å²) in [6.45, 7) is 3.42. The first kappa shape index (κ1) is 14.8. The zero-order chi connectivity index (χ0) is 14.6. The summed E-state index contributed by atoms with van der Waals surface area (Å²) in [5.74, 6) is -0.955. The molecule has 5 nitrogen and oxygen atoms in total. The van der Waals surface area contributed by atoms with Crippen molar-refractivity contribution in [2.45, 2.75) is 12.8 Å². The molecule has 0 fully saturated rings. The lowest BCUT2D eigenvalue weighted by Gasteiger charge is -2.15. The number of nitro groups is 1. The Bertz CT molecular complexity index is 499. The smallest absolute Gasteiger partial charge is 0.493 e. The molecule has 104 valence electrons. The Balaban J connectivity index is 3.39. The number of hydrogen-bond donors (Lipinski definition) is 0. The Morgan fingerprint density at radius 1 is 1.47 bits per heavy atom. The van der Waals surface area contributed by atoms with Gasteiger partial charge in [-0.15, -0.1) is 19.8 Å². The van der Waals surface area contributed by atoms with Crippen molar-refractivity contribution in [3.05, 3.63) is 40.5 Å². The molecule has 1 aromatic carbocycles. The highest BCUT2D eigenvalue weighted by atomic mass is 19.4. The first-order valence-electron chi connectivity index (χ1n) is 5.00. The lowest BCUT2D eigenvalue weighted by Crippen LogP contribution is -2.18. The van der Waals surface area contributed by atoms with Crippen LogP contribution in [0, 0.1) is 10.1 Å². The molecule has 0 saturated heterocycles. The Morgan fingerprint density at radius 2 is 2.11 bits per heavy atom. The summed E-state index contributed by atoms with van der Waals surface area (Å²) in [4.78, 5) is 9.87. The van der Waals surface area contributed by atoms with Gasteiger partial charge in [-0.1, -0.05) is 6.08 Å². The van der Waals surface area contributed by atoms with Gasteiger partial charge in [0.25, 0.3) is 5.69 Å². The molecule has 0 aliphatic carbocycles. The number of methoxy groups -OCH3 is 1. The summed E-state index contributed by atoms with van der Waals surface area (Å²) in [5.41, 5.74) is -0.331. The molecule has 0 saturated carbocycles. The maximum Gasteiger partial charge on any atom is 0.573 e. The lowest BCUT2D eigenvalue weighted by atomic mass is 10.1. The highest BCUT2D eigenvalue weighted by Crippen LogP contribution is 2.38. The van der Waals surface area contributed by atoms with Gasteiger partial charge < -0.3 is 9.47 Å². The van der Waals surface area contributed by atoms with Gasteiger partial charge >= 0.3 is 6.36 Å². The monoisotopic (exact) mass is 277 g/mol. The number of halogens is 3. The van der Waals surface area contributed by atoms with Gasteiger partial charge in [-0.3, -0.25) is 10.1 Å². The summed E-state index contributed by atoms with van der Waals surface area (Å²) in [5, 5.41) is 10.7. The highest BCUT2D eigenvalue weighted by Gasteiger charge is 2.34. The van der Waals surface area contributed by atoms with Crippen molar-refractivity contribution in [1.29, 1.82) is 0 Å². The molecule has 0 atom stereocenters. The molecule has 8 heteroatoms. The number of ether oxygens (including phenoxy) is 2. The molecule has 0 aliphatic heterocycles. The van der Waals surface area contributed by atoms with Crippen LogP contribution >= 0.6 is 0 Å². The normalized spacial score (nSPS) is 10.9. The van der Waals surface area contributed by atoms with E-state index in [2.05, 4.69) is 11.3 Å². The number of non-ortho nitro benzene ring substituents is 1. The Kier molecular flexibility index (Phi) is 4.36. The minimum absolute atomic E-state index is 0.110. The van der Waals surface area contributed by atoms with Crippen LogP contribution in [0.1, 0.15) is 5.56 Å². The predicted octanol–water partition coefficient (Wildman–Crippen LogP) is 3.23. The molecule has 0 radical (unpaired) electrons.